The van der Waals surface area contributed by atoms with Gasteiger partial charge in [-0.3, -0.25) is 9.69 Å². The largest absolute Gasteiger partial charge is 0.379 e. The van der Waals surface area contributed by atoms with Crippen molar-refractivity contribution in [2.75, 3.05) is 32.8 Å². The molecule has 0 bridgehead atoms. The molecule has 0 aromatic rings. The number of hydrogen-bond acceptors (Lipinski definition) is 4. The van der Waals surface area contributed by atoms with Crippen molar-refractivity contribution in [1.82, 2.24) is 10.2 Å². The van der Waals surface area contributed by atoms with Crippen molar-refractivity contribution < 1.29 is 9.53 Å². The summed E-state index contributed by atoms with van der Waals surface area (Å²) in [6.45, 7) is 5.67. The van der Waals surface area contributed by atoms with Gasteiger partial charge in [-0.2, -0.15) is 0 Å². The maximum atomic E-state index is 11.9. The molecular weight excluding hydrogens is 289 g/mol. The highest BCUT2D eigenvalue weighted by Crippen LogP contribution is 2.31. The Morgan fingerprint density at radius 1 is 1.37 bits per heavy atom. The number of nitrogens with two attached hydrogens (primary N) is 1. The smallest absolute Gasteiger partial charge is 0.237 e. The third-order valence-corrected chi connectivity index (χ3v) is 3.71. The first-order chi connectivity index (χ1) is 8.18. The quantitative estimate of drug-likeness (QED) is 0.771. The summed E-state index contributed by atoms with van der Waals surface area (Å²) in [6, 6.07) is 0.0566. The molecule has 3 N–H and O–H groups in total. The summed E-state index contributed by atoms with van der Waals surface area (Å²) in [5.41, 5.74) is 5.96. The minimum absolute atomic E-state index is 0. The number of nitrogens with zero attached hydrogens (tertiary/aromatic N) is 1. The first-order valence-corrected chi connectivity index (χ1v) is 6.53. The zero-order valence-electron chi connectivity index (χ0n) is 11.3. The molecule has 2 atom stereocenters. The van der Waals surface area contributed by atoms with Crippen LogP contribution in [0.4, 0.5) is 0 Å². The molecule has 1 amide bonds. The van der Waals surface area contributed by atoms with Crippen LogP contribution < -0.4 is 11.1 Å². The molecule has 2 unspecified atom stereocenters. The molecular formula is C12H25Cl2N3O2. The number of nitrogens with one attached hydrogen (secondary N) is 1. The molecule has 0 aromatic carbocycles. The Kier molecular flexibility index (Phi) is 8.94. The molecule has 2 rings (SSSR count). The molecule has 1 aliphatic carbocycles. The molecule has 1 aliphatic heterocycles. The van der Waals surface area contributed by atoms with Crippen LogP contribution in [0.25, 0.3) is 0 Å². The van der Waals surface area contributed by atoms with Crippen molar-refractivity contribution in [1.29, 1.82) is 0 Å². The van der Waals surface area contributed by atoms with E-state index >= 15 is 0 Å². The molecule has 114 valence electrons. The van der Waals surface area contributed by atoms with E-state index in [1.54, 1.807) is 0 Å². The molecule has 7 heteroatoms. The van der Waals surface area contributed by atoms with Gasteiger partial charge >= 0.3 is 0 Å². The van der Waals surface area contributed by atoms with Gasteiger partial charge in [-0.05, 0) is 25.7 Å². The summed E-state index contributed by atoms with van der Waals surface area (Å²) in [5.74, 6) is 0.719. The van der Waals surface area contributed by atoms with Crippen LogP contribution in [0, 0.1) is 5.92 Å². The van der Waals surface area contributed by atoms with Gasteiger partial charge in [0.05, 0.1) is 19.3 Å². The van der Waals surface area contributed by atoms with E-state index in [4.69, 9.17) is 10.5 Å². The Morgan fingerprint density at radius 3 is 2.47 bits per heavy atom. The van der Waals surface area contributed by atoms with E-state index in [9.17, 15) is 4.79 Å². The van der Waals surface area contributed by atoms with Crippen molar-refractivity contribution >= 4 is 30.7 Å². The molecule has 2 fully saturated rings. The number of halogens is 2. The fourth-order valence-electron chi connectivity index (χ4n) is 2.19. The Morgan fingerprint density at radius 2 is 1.95 bits per heavy atom. The van der Waals surface area contributed by atoms with Gasteiger partial charge in [-0.1, -0.05) is 0 Å². The highest BCUT2D eigenvalue weighted by Gasteiger charge is 2.29. The van der Waals surface area contributed by atoms with Gasteiger partial charge < -0.3 is 15.8 Å². The predicted octanol–water partition coefficient (Wildman–Crippen LogP) is 0.404. The van der Waals surface area contributed by atoms with Crippen molar-refractivity contribution in [2.45, 2.75) is 31.8 Å². The molecule has 2 aliphatic rings. The van der Waals surface area contributed by atoms with E-state index in [1.807, 2.05) is 6.92 Å². The molecule has 0 spiro atoms. The highest BCUT2D eigenvalue weighted by atomic mass is 35.5. The van der Waals surface area contributed by atoms with Crippen LogP contribution in [0.1, 0.15) is 19.8 Å². The normalized spacial score (nSPS) is 22.6. The summed E-state index contributed by atoms with van der Waals surface area (Å²) < 4.78 is 5.27. The monoisotopic (exact) mass is 313 g/mol. The molecule has 19 heavy (non-hydrogen) atoms. The molecule has 5 nitrogen and oxygen atoms in total. The third kappa shape index (κ3) is 5.83. The second-order valence-corrected chi connectivity index (χ2v) is 5.07. The highest BCUT2D eigenvalue weighted by molar-refractivity contribution is 5.85. The van der Waals surface area contributed by atoms with Crippen molar-refractivity contribution in [3.05, 3.63) is 0 Å². The third-order valence-electron chi connectivity index (χ3n) is 3.71. The standard InChI is InChI=1S/C12H23N3O2.2ClH/c1-9(15-4-6-17-7-5-15)12(16)14-8-11(13)10-2-3-10;;/h9-11H,2-8,13H2,1H3,(H,14,16);2*1H. The van der Waals surface area contributed by atoms with E-state index in [1.165, 1.54) is 12.8 Å². The predicted molar refractivity (Wildman–Crippen MR) is 80.1 cm³/mol. The second-order valence-electron chi connectivity index (χ2n) is 5.07. The van der Waals surface area contributed by atoms with Gasteiger partial charge in [0.15, 0.2) is 0 Å². The van der Waals surface area contributed by atoms with Crippen molar-refractivity contribution in [3.63, 3.8) is 0 Å². The number of hydrogen-bond donors (Lipinski definition) is 2. The van der Waals surface area contributed by atoms with E-state index in [0.29, 0.717) is 12.5 Å². The number of rotatable bonds is 5. The van der Waals surface area contributed by atoms with E-state index < -0.39 is 0 Å². The fraction of sp³-hybridized carbons (Fsp3) is 0.917. The number of morpholine rings is 1. The lowest BCUT2D eigenvalue weighted by Gasteiger charge is -2.31. The average molecular weight is 314 g/mol. The van der Waals surface area contributed by atoms with Gasteiger partial charge in [-0.25, -0.2) is 0 Å². The van der Waals surface area contributed by atoms with Crippen LogP contribution in [0.15, 0.2) is 0 Å². The van der Waals surface area contributed by atoms with Gasteiger partial charge in [0.2, 0.25) is 5.91 Å². The lowest BCUT2D eigenvalue weighted by Crippen LogP contribution is -2.51. The van der Waals surface area contributed by atoms with Crippen molar-refractivity contribution in [2.24, 2.45) is 11.7 Å². The van der Waals surface area contributed by atoms with Crippen LogP contribution >= 0.6 is 24.8 Å². The minimum atomic E-state index is -0.0784. The lowest BCUT2D eigenvalue weighted by atomic mass is 10.2. The molecule has 1 saturated heterocycles. The van der Waals surface area contributed by atoms with Gasteiger partial charge in [0.25, 0.3) is 0 Å². The van der Waals surface area contributed by atoms with Gasteiger partial charge in [-0.15, -0.1) is 24.8 Å². The van der Waals surface area contributed by atoms with Crippen molar-refractivity contribution in [3.8, 4) is 0 Å². The second kappa shape index (κ2) is 8.97. The zero-order chi connectivity index (χ0) is 12.3. The van der Waals surface area contributed by atoms with Crippen LogP contribution in [-0.4, -0.2) is 55.7 Å². The fourth-order valence-corrected chi connectivity index (χ4v) is 2.19. The first-order valence-electron chi connectivity index (χ1n) is 6.53. The summed E-state index contributed by atoms with van der Waals surface area (Å²) in [7, 11) is 0. The lowest BCUT2D eigenvalue weighted by molar-refractivity contribution is -0.127. The Labute approximate surface area is 127 Å². The Bertz CT molecular complexity index is 272. The summed E-state index contributed by atoms with van der Waals surface area (Å²) >= 11 is 0. The summed E-state index contributed by atoms with van der Waals surface area (Å²) in [4.78, 5) is 14.1. The average Bonchev–Trinajstić information content (AvgIpc) is 3.20. The number of ether oxygens (including phenoxy) is 1. The number of carbonyl (C=O) groups is 1. The van der Waals surface area contributed by atoms with Gasteiger partial charge in [0.1, 0.15) is 0 Å². The Balaban J connectivity index is 0.00000162. The maximum Gasteiger partial charge on any atom is 0.237 e. The van der Waals surface area contributed by atoms with Crippen LogP contribution in [0.3, 0.4) is 0 Å². The topological polar surface area (TPSA) is 67.6 Å². The molecule has 1 saturated carbocycles. The molecule has 0 aromatic heterocycles. The van der Waals surface area contributed by atoms with Gasteiger partial charge in [0, 0.05) is 25.7 Å². The zero-order valence-corrected chi connectivity index (χ0v) is 13.0. The van der Waals surface area contributed by atoms with E-state index in [2.05, 4.69) is 10.2 Å². The van der Waals surface area contributed by atoms with E-state index in [-0.39, 0.29) is 42.8 Å². The Hall–Kier alpha value is -0.0700. The van der Waals surface area contributed by atoms with E-state index in [0.717, 1.165) is 26.3 Å². The SMILES string of the molecule is CC(C(=O)NCC(N)C1CC1)N1CCOCC1.Cl.Cl. The summed E-state index contributed by atoms with van der Waals surface area (Å²) in [6.07, 6.45) is 2.44. The molecule has 0 radical (unpaired) electrons. The van der Waals surface area contributed by atoms with Crippen LogP contribution in [0.5, 0.6) is 0 Å². The van der Waals surface area contributed by atoms with Crippen LogP contribution in [-0.2, 0) is 9.53 Å². The first kappa shape index (κ1) is 18.9. The number of amides is 1. The van der Waals surface area contributed by atoms with Crippen LogP contribution in [0.2, 0.25) is 0 Å². The number of carbonyl (C=O) groups excluding carboxylic acids is 1. The molecule has 1 heterocycles. The maximum absolute atomic E-state index is 11.9. The summed E-state index contributed by atoms with van der Waals surface area (Å²) in [5, 5.41) is 2.95. The minimum Gasteiger partial charge on any atom is -0.379 e.